The SMILES string of the molecule is C[C@@H]1[C@H](C)CCC[C@@H]1NC(=O)c1cc(-c2cccs2)nc2ccccc12. The Bertz CT molecular complexity index is 919. The van der Waals surface area contributed by atoms with E-state index in [-0.39, 0.29) is 11.9 Å². The summed E-state index contributed by atoms with van der Waals surface area (Å²) in [6.07, 6.45) is 3.51. The van der Waals surface area contributed by atoms with E-state index in [1.807, 2.05) is 47.8 Å². The average molecular weight is 365 g/mol. The van der Waals surface area contributed by atoms with Crippen molar-refractivity contribution in [2.45, 2.75) is 39.2 Å². The van der Waals surface area contributed by atoms with Crippen LogP contribution in [0.4, 0.5) is 0 Å². The fourth-order valence-corrected chi connectivity index (χ4v) is 4.63. The fourth-order valence-electron chi connectivity index (χ4n) is 3.95. The Morgan fingerprint density at radius 1 is 1.15 bits per heavy atom. The molecule has 1 aliphatic carbocycles. The summed E-state index contributed by atoms with van der Waals surface area (Å²) in [4.78, 5) is 19.0. The minimum Gasteiger partial charge on any atom is -0.349 e. The van der Waals surface area contributed by atoms with Crippen molar-refractivity contribution in [1.82, 2.24) is 10.3 Å². The van der Waals surface area contributed by atoms with Gasteiger partial charge in [-0.2, -0.15) is 0 Å². The number of carbonyl (C=O) groups excluding carboxylic acids is 1. The standard InChI is InChI=1S/C22H24N2OS/c1-14-7-5-10-18(15(14)2)24-22(25)17-13-20(21-11-6-12-26-21)23-19-9-4-3-8-16(17)19/h3-4,6,8-9,11-15,18H,5,7,10H2,1-2H3,(H,24,25)/t14-,15-,18+/m1/s1. The number of rotatable bonds is 3. The smallest absolute Gasteiger partial charge is 0.252 e. The average Bonchev–Trinajstić information content (AvgIpc) is 3.19. The Kier molecular flexibility index (Phi) is 4.77. The number of carbonyl (C=O) groups is 1. The van der Waals surface area contributed by atoms with Crippen molar-refractivity contribution < 1.29 is 4.79 Å². The zero-order valence-corrected chi connectivity index (χ0v) is 16.1. The van der Waals surface area contributed by atoms with E-state index in [2.05, 4.69) is 19.2 Å². The first-order valence-corrected chi connectivity index (χ1v) is 10.3. The predicted octanol–water partition coefficient (Wildman–Crippen LogP) is 5.52. The molecular weight excluding hydrogens is 340 g/mol. The highest BCUT2D eigenvalue weighted by atomic mass is 32.1. The lowest BCUT2D eigenvalue weighted by Crippen LogP contribution is -2.43. The molecular formula is C22H24N2OS. The third-order valence-electron chi connectivity index (χ3n) is 5.76. The van der Waals surface area contributed by atoms with E-state index in [4.69, 9.17) is 4.98 Å². The maximum atomic E-state index is 13.2. The topological polar surface area (TPSA) is 42.0 Å². The molecule has 0 radical (unpaired) electrons. The summed E-state index contributed by atoms with van der Waals surface area (Å²) >= 11 is 1.65. The van der Waals surface area contributed by atoms with Gasteiger partial charge < -0.3 is 5.32 Å². The van der Waals surface area contributed by atoms with E-state index in [1.165, 1.54) is 12.8 Å². The molecule has 3 atom stereocenters. The first-order chi connectivity index (χ1) is 12.6. The molecule has 3 aromatic rings. The Hall–Kier alpha value is -2.20. The molecule has 0 bridgehead atoms. The highest BCUT2D eigenvalue weighted by molar-refractivity contribution is 7.13. The van der Waals surface area contributed by atoms with E-state index in [0.717, 1.165) is 33.5 Å². The molecule has 1 aromatic carbocycles. The molecule has 2 heterocycles. The minimum absolute atomic E-state index is 0.0207. The van der Waals surface area contributed by atoms with Crippen LogP contribution in [-0.4, -0.2) is 16.9 Å². The maximum absolute atomic E-state index is 13.2. The molecule has 1 N–H and O–H groups in total. The van der Waals surface area contributed by atoms with Crippen LogP contribution in [0, 0.1) is 11.8 Å². The first kappa shape index (κ1) is 17.2. The van der Waals surface area contributed by atoms with Gasteiger partial charge in [-0.1, -0.05) is 51.0 Å². The number of pyridine rings is 1. The maximum Gasteiger partial charge on any atom is 0.252 e. The number of para-hydroxylation sites is 1. The summed E-state index contributed by atoms with van der Waals surface area (Å²) in [7, 11) is 0. The molecule has 2 aromatic heterocycles. The molecule has 0 unspecified atom stereocenters. The van der Waals surface area contributed by atoms with E-state index in [9.17, 15) is 4.79 Å². The van der Waals surface area contributed by atoms with Crippen LogP contribution in [0.3, 0.4) is 0 Å². The van der Waals surface area contributed by atoms with Crippen molar-refractivity contribution in [1.29, 1.82) is 0 Å². The number of amides is 1. The zero-order chi connectivity index (χ0) is 18.1. The summed E-state index contributed by atoms with van der Waals surface area (Å²) in [6.45, 7) is 4.55. The van der Waals surface area contributed by atoms with Gasteiger partial charge in [0.15, 0.2) is 0 Å². The third-order valence-corrected chi connectivity index (χ3v) is 6.65. The lowest BCUT2D eigenvalue weighted by molar-refractivity contribution is 0.0892. The lowest BCUT2D eigenvalue weighted by atomic mass is 9.78. The third kappa shape index (κ3) is 3.26. The molecule has 4 rings (SSSR count). The van der Waals surface area contributed by atoms with Gasteiger partial charge in [0, 0.05) is 11.4 Å². The van der Waals surface area contributed by atoms with Crippen molar-refractivity contribution in [2.75, 3.05) is 0 Å². The minimum atomic E-state index is 0.0207. The van der Waals surface area contributed by atoms with E-state index < -0.39 is 0 Å². The fraction of sp³-hybridized carbons (Fsp3) is 0.364. The normalized spacial score (nSPS) is 23.1. The molecule has 26 heavy (non-hydrogen) atoms. The van der Waals surface area contributed by atoms with Crippen LogP contribution in [0.5, 0.6) is 0 Å². The van der Waals surface area contributed by atoms with Gasteiger partial charge in [-0.3, -0.25) is 4.79 Å². The Labute approximate surface area is 158 Å². The van der Waals surface area contributed by atoms with Crippen LogP contribution in [0.2, 0.25) is 0 Å². The summed E-state index contributed by atoms with van der Waals surface area (Å²) in [5, 5.41) is 6.27. The quantitative estimate of drug-likeness (QED) is 0.665. The van der Waals surface area contributed by atoms with Gasteiger partial charge in [0.2, 0.25) is 0 Å². The molecule has 1 fully saturated rings. The highest BCUT2D eigenvalue weighted by Crippen LogP contribution is 2.31. The predicted molar refractivity (Wildman–Crippen MR) is 108 cm³/mol. The van der Waals surface area contributed by atoms with Crippen LogP contribution in [-0.2, 0) is 0 Å². The lowest BCUT2D eigenvalue weighted by Gasteiger charge is -2.34. The Morgan fingerprint density at radius 3 is 2.81 bits per heavy atom. The summed E-state index contributed by atoms with van der Waals surface area (Å²) in [5.41, 5.74) is 2.46. The number of hydrogen-bond acceptors (Lipinski definition) is 3. The van der Waals surface area contributed by atoms with Crippen LogP contribution < -0.4 is 5.32 Å². The van der Waals surface area contributed by atoms with Gasteiger partial charge in [0.25, 0.3) is 5.91 Å². The molecule has 1 saturated carbocycles. The van der Waals surface area contributed by atoms with Gasteiger partial charge in [0.1, 0.15) is 0 Å². The van der Waals surface area contributed by atoms with E-state index >= 15 is 0 Å². The molecule has 0 aliphatic heterocycles. The summed E-state index contributed by atoms with van der Waals surface area (Å²) < 4.78 is 0. The van der Waals surface area contributed by atoms with Gasteiger partial charge >= 0.3 is 0 Å². The number of hydrogen-bond donors (Lipinski definition) is 1. The van der Waals surface area contributed by atoms with Crippen molar-refractivity contribution >= 4 is 28.1 Å². The van der Waals surface area contributed by atoms with Gasteiger partial charge in [-0.25, -0.2) is 4.98 Å². The molecule has 1 amide bonds. The Morgan fingerprint density at radius 2 is 2.00 bits per heavy atom. The number of nitrogens with one attached hydrogen (secondary N) is 1. The monoisotopic (exact) mass is 364 g/mol. The van der Waals surface area contributed by atoms with E-state index in [0.29, 0.717) is 11.8 Å². The molecule has 134 valence electrons. The largest absolute Gasteiger partial charge is 0.349 e. The van der Waals surface area contributed by atoms with Crippen LogP contribution in [0.25, 0.3) is 21.5 Å². The van der Waals surface area contributed by atoms with Crippen molar-refractivity contribution in [3.05, 3.63) is 53.4 Å². The van der Waals surface area contributed by atoms with Gasteiger partial charge in [-0.15, -0.1) is 11.3 Å². The Balaban J connectivity index is 1.71. The molecule has 3 nitrogen and oxygen atoms in total. The van der Waals surface area contributed by atoms with Crippen molar-refractivity contribution in [2.24, 2.45) is 11.8 Å². The molecule has 0 saturated heterocycles. The van der Waals surface area contributed by atoms with Gasteiger partial charge in [-0.05, 0) is 41.8 Å². The second kappa shape index (κ2) is 7.20. The van der Waals surface area contributed by atoms with Gasteiger partial charge in [0.05, 0.1) is 21.7 Å². The van der Waals surface area contributed by atoms with Crippen molar-refractivity contribution in [3.8, 4) is 10.6 Å². The number of benzene rings is 1. The summed E-state index contributed by atoms with van der Waals surface area (Å²) in [5.74, 6) is 1.19. The first-order valence-electron chi connectivity index (χ1n) is 9.38. The zero-order valence-electron chi connectivity index (χ0n) is 15.2. The van der Waals surface area contributed by atoms with Crippen molar-refractivity contribution in [3.63, 3.8) is 0 Å². The van der Waals surface area contributed by atoms with E-state index in [1.54, 1.807) is 11.3 Å². The number of aromatic nitrogens is 1. The highest BCUT2D eigenvalue weighted by Gasteiger charge is 2.29. The number of fused-ring (bicyclic) bond motifs is 1. The number of thiophene rings is 1. The molecule has 4 heteroatoms. The second-order valence-corrected chi connectivity index (χ2v) is 8.34. The van der Waals surface area contributed by atoms with Crippen LogP contribution in [0.1, 0.15) is 43.5 Å². The second-order valence-electron chi connectivity index (χ2n) is 7.40. The number of nitrogens with zero attached hydrogens (tertiary/aromatic N) is 1. The van der Waals surface area contributed by atoms with Crippen LogP contribution in [0.15, 0.2) is 47.8 Å². The van der Waals surface area contributed by atoms with Crippen LogP contribution >= 0.6 is 11.3 Å². The summed E-state index contributed by atoms with van der Waals surface area (Å²) in [6, 6.07) is 14.2. The molecule has 0 spiro atoms. The molecule has 1 aliphatic rings.